The van der Waals surface area contributed by atoms with Crippen LogP contribution in [0.2, 0.25) is 0 Å². The summed E-state index contributed by atoms with van der Waals surface area (Å²) in [5.41, 5.74) is 1.43. The summed E-state index contributed by atoms with van der Waals surface area (Å²) in [4.78, 5) is 11.4. The fourth-order valence-electron chi connectivity index (χ4n) is 1.17. The van der Waals surface area contributed by atoms with Gasteiger partial charge in [0.05, 0.1) is 6.61 Å². The van der Waals surface area contributed by atoms with Crippen LogP contribution in [0.4, 0.5) is 10.5 Å². The lowest BCUT2D eigenvalue weighted by Crippen LogP contribution is -2.16. The first kappa shape index (κ1) is 14.1. The highest BCUT2D eigenvalue weighted by molar-refractivity contribution is 5.84. The molecule has 2 N–H and O–H groups in total. The van der Waals surface area contributed by atoms with E-state index >= 15 is 0 Å². The Morgan fingerprint density at radius 1 is 1.39 bits per heavy atom. The molecule has 18 heavy (non-hydrogen) atoms. The van der Waals surface area contributed by atoms with Gasteiger partial charge in [-0.05, 0) is 30.2 Å². The van der Waals surface area contributed by atoms with E-state index in [1.165, 1.54) is 0 Å². The minimum absolute atomic E-state index is 0.165. The Bertz CT molecular complexity index is 440. The van der Waals surface area contributed by atoms with E-state index in [1.54, 1.807) is 24.3 Å². The number of carbonyl (C=O) groups excluding carboxylic acids is 1. The Kier molecular flexibility index (Phi) is 5.75. The molecular formula is C14H17NO3. The Labute approximate surface area is 107 Å². The molecule has 4 heteroatoms. The average Bonchev–Trinajstić information content (AvgIpc) is 2.35. The van der Waals surface area contributed by atoms with Crippen molar-refractivity contribution in [2.45, 2.75) is 13.8 Å². The monoisotopic (exact) mass is 247 g/mol. The lowest BCUT2D eigenvalue weighted by molar-refractivity contribution is 0.147. The Morgan fingerprint density at radius 2 is 2.06 bits per heavy atom. The number of aliphatic hydroxyl groups is 1. The van der Waals surface area contributed by atoms with Crippen molar-refractivity contribution in [1.82, 2.24) is 0 Å². The summed E-state index contributed by atoms with van der Waals surface area (Å²) in [5, 5.41) is 11.2. The van der Waals surface area contributed by atoms with Crippen molar-refractivity contribution < 1.29 is 14.6 Å². The number of amides is 1. The maximum atomic E-state index is 11.4. The topological polar surface area (TPSA) is 58.6 Å². The van der Waals surface area contributed by atoms with Crippen molar-refractivity contribution in [3.8, 4) is 11.8 Å². The zero-order valence-electron chi connectivity index (χ0n) is 10.6. The number of ether oxygens (including phenoxy) is 1. The smallest absolute Gasteiger partial charge is 0.411 e. The highest BCUT2D eigenvalue weighted by atomic mass is 16.5. The van der Waals surface area contributed by atoms with Gasteiger partial charge >= 0.3 is 6.09 Å². The van der Waals surface area contributed by atoms with E-state index in [4.69, 9.17) is 9.84 Å². The first-order valence-electron chi connectivity index (χ1n) is 5.75. The number of hydrogen-bond donors (Lipinski definition) is 2. The van der Waals surface area contributed by atoms with Crippen molar-refractivity contribution in [3.05, 3.63) is 29.8 Å². The van der Waals surface area contributed by atoms with Gasteiger partial charge in [-0.25, -0.2) is 4.79 Å². The molecule has 1 aromatic rings. The van der Waals surface area contributed by atoms with Crippen molar-refractivity contribution >= 4 is 11.8 Å². The summed E-state index contributed by atoms with van der Waals surface area (Å²) < 4.78 is 4.99. The third kappa shape index (κ3) is 5.37. The molecule has 0 aliphatic heterocycles. The van der Waals surface area contributed by atoms with Gasteiger partial charge in [0, 0.05) is 11.3 Å². The predicted molar refractivity (Wildman–Crippen MR) is 70.2 cm³/mol. The minimum atomic E-state index is -0.460. The van der Waals surface area contributed by atoms with E-state index < -0.39 is 6.09 Å². The van der Waals surface area contributed by atoms with Gasteiger partial charge in [-0.2, -0.15) is 0 Å². The molecule has 0 heterocycles. The lowest BCUT2D eigenvalue weighted by atomic mass is 10.2. The molecule has 0 atom stereocenters. The number of rotatable bonds is 3. The van der Waals surface area contributed by atoms with Crippen molar-refractivity contribution in [1.29, 1.82) is 0 Å². The van der Waals surface area contributed by atoms with Crippen LogP contribution < -0.4 is 5.32 Å². The van der Waals surface area contributed by atoms with E-state index in [1.807, 2.05) is 13.8 Å². The molecule has 1 amide bonds. The second-order valence-corrected chi connectivity index (χ2v) is 4.15. The van der Waals surface area contributed by atoms with Gasteiger partial charge in [-0.15, -0.1) is 0 Å². The van der Waals surface area contributed by atoms with Gasteiger partial charge in [0.2, 0.25) is 0 Å². The fraction of sp³-hybridized carbons (Fsp3) is 0.357. The van der Waals surface area contributed by atoms with Gasteiger partial charge in [0.25, 0.3) is 0 Å². The first-order valence-corrected chi connectivity index (χ1v) is 5.75. The quantitative estimate of drug-likeness (QED) is 0.805. The minimum Gasteiger partial charge on any atom is -0.449 e. The number of nitrogens with one attached hydrogen (secondary N) is 1. The molecule has 0 fully saturated rings. The molecule has 96 valence electrons. The highest BCUT2D eigenvalue weighted by Crippen LogP contribution is 2.09. The van der Waals surface area contributed by atoms with Crippen LogP contribution in [-0.4, -0.2) is 24.4 Å². The molecule has 0 saturated carbocycles. The summed E-state index contributed by atoms with van der Waals surface area (Å²) in [6.07, 6.45) is -0.460. The number of anilines is 1. The molecule has 0 spiro atoms. The normalized spacial score (nSPS) is 9.56. The summed E-state index contributed by atoms with van der Waals surface area (Å²) in [6, 6.07) is 7.00. The molecule has 4 nitrogen and oxygen atoms in total. The molecule has 0 aliphatic rings. The van der Waals surface area contributed by atoms with Gasteiger partial charge in [0.15, 0.2) is 0 Å². The van der Waals surface area contributed by atoms with E-state index in [0.29, 0.717) is 18.2 Å². The van der Waals surface area contributed by atoms with Crippen LogP contribution in [0.15, 0.2) is 24.3 Å². The molecule has 0 bridgehead atoms. The summed E-state index contributed by atoms with van der Waals surface area (Å²) in [5.74, 6) is 5.63. The Balaban J connectivity index is 2.50. The van der Waals surface area contributed by atoms with Crippen molar-refractivity contribution in [2.75, 3.05) is 18.5 Å². The van der Waals surface area contributed by atoms with Crippen LogP contribution in [0, 0.1) is 17.8 Å². The van der Waals surface area contributed by atoms with Gasteiger partial charge in [0.1, 0.15) is 6.61 Å². The average molecular weight is 247 g/mol. The molecule has 0 unspecified atom stereocenters. The second kappa shape index (κ2) is 7.36. The molecule has 0 radical (unpaired) electrons. The largest absolute Gasteiger partial charge is 0.449 e. The number of hydrogen-bond acceptors (Lipinski definition) is 3. The molecule has 0 aromatic heterocycles. The number of aliphatic hydroxyl groups excluding tert-OH is 1. The van der Waals surface area contributed by atoms with Gasteiger partial charge in [-0.3, -0.25) is 5.32 Å². The maximum Gasteiger partial charge on any atom is 0.411 e. The number of carbonyl (C=O) groups is 1. The van der Waals surface area contributed by atoms with E-state index in [2.05, 4.69) is 17.2 Å². The molecular weight excluding hydrogens is 230 g/mol. The summed E-state index contributed by atoms with van der Waals surface area (Å²) >= 11 is 0. The zero-order valence-corrected chi connectivity index (χ0v) is 10.6. The zero-order chi connectivity index (χ0) is 13.4. The Hall–Kier alpha value is -1.99. The Morgan fingerprint density at radius 3 is 2.61 bits per heavy atom. The molecule has 0 aliphatic carbocycles. The predicted octanol–water partition coefficient (Wildman–Crippen LogP) is 2.23. The van der Waals surface area contributed by atoms with Crippen molar-refractivity contribution in [3.63, 3.8) is 0 Å². The highest BCUT2D eigenvalue weighted by Gasteiger charge is 2.04. The molecule has 1 aromatic carbocycles. The standard InChI is InChI=1S/C14H17NO3/c1-11(2)10-18-14(17)15-13-7-5-12(6-8-13)4-3-9-16/h5-8,11,16H,9-10H2,1-2H3,(H,15,17). The van der Waals surface area contributed by atoms with Gasteiger partial charge in [-0.1, -0.05) is 25.7 Å². The van der Waals surface area contributed by atoms with Crippen LogP contribution in [-0.2, 0) is 4.74 Å². The van der Waals surface area contributed by atoms with Crippen LogP contribution in [0.5, 0.6) is 0 Å². The number of benzene rings is 1. The second-order valence-electron chi connectivity index (χ2n) is 4.15. The van der Waals surface area contributed by atoms with E-state index in [9.17, 15) is 4.79 Å². The first-order chi connectivity index (χ1) is 8.61. The van der Waals surface area contributed by atoms with Crippen LogP contribution in [0.1, 0.15) is 19.4 Å². The van der Waals surface area contributed by atoms with E-state index in [-0.39, 0.29) is 6.61 Å². The van der Waals surface area contributed by atoms with Crippen LogP contribution >= 0.6 is 0 Å². The van der Waals surface area contributed by atoms with Crippen LogP contribution in [0.3, 0.4) is 0 Å². The van der Waals surface area contributed by atoms with Crippen molar-refractivity contribution in [2.24, 2.45) is 5.92 Å². The third-order valence-electron chi connectivity index (χ3n) is 1.99. The summed E-state index contributed by atoms with van der Waals surface area (Å²) in [6.45, 7) is 4.18. The maximum absolute atomic E-state index is 11.4. The van der Waals surface area contributed by atoms with Gasteiger partial charge < -0.3 is 9.84 Å². The molecule has 1 rings (SSSR count). The third-order valence-corrected chi connectivity index (χ3v) is 1.99. The SMILES string of the molecule is CC(C)COC(=O)Nc1ccc(C#CCO)cc1. The van der Waals surface area contributed by atoms with E-state index in [0.717, 1.165) is 5.56 Å². The fourth-order valence-corrected chi connectivity index (χ4v) is 1.17. The molecule has 0 saturated heterocycles. The lowest BCUT2D eigenvalue weighted by Gasteiger charge is -2.08. The van der Waals surface area contributed by atoms with Crippen LogP contribution in [0.25, 0.3) is 0 Å². The summed E-state index contributed by atoms with van der Waals surface area (Å²) in [7, 11) is 0.